The molecule has 0 bridgehead atoms. The smallest absolute Gasteiger partial charge is 0.275 e. The molecule has 1 saturated heterocycles. The zero-order chi connectivity index (χ0) is 19.5. The molecule has 144 valence electrons. The minimum absolute atomic E-state index is 0.0347. The number of rotatable bonds is 4. The molecule has 0 saturated carbocycles. The summed E-state index contributed by atoms with van der Waals surface area (Å²) in [5, 5.41) is 5.52. The van der Waals surface area contributed by atoms with Gasteiger partial charge in [0.2, 0.25) is 5.91 Å². The van der Waals surface area contributed by atoms with Crippen molar-refractivity contribution in [2.45, 2.75) is 32.4 Å². The van der Waals surface area contributed by atoms with Crippen LogP contribution in [-0.4, -0.2) is 39.8 Å². The van der Waals surface area contributed by atoms with E-state index in [0.29, 0.717) is 18.5 Å². The molecule has 0 unspecified atom stereocenters. The number of aryl methyl sites for hydroxylation is 1. The Morgan fingerprint density at radius 2 is 1.82 bits per heavy atom. The first-order valence-corrected chi connectivity index (χ1v) is 9.57. The van der Waals surface area contributed by atoms with Crippen molar-refractivity contribution < 1.29 is 9.53 Å². The van der Waals surface area contributed by atoms with E-state index in [4.69, 9.17) is 4.74 Å². The van der Waals surface area contributed by atoms with E-state index in [-0.39, 0.29) is 24.1 Å². The van der Waals surface area contributed by atoms with Gasteiger partial charge in [-0.2, -0.15) is 5.10 Å². The lowest BCUT2D eigenvalue weighted by Gasteiger charge is -2.32. The standard InChI is InChI=1S/C22H23N3O3/c1-16-6-2-5-9-20(16)28-18-10-12-24(13-11-18)21(26)15-25-22(27)19-8-4-3-7-17(19)14-23-25/h2-9,14,18H,10-13,15H2,1H3. The molecule has 3 aromatic rings. The van der Waals surface area contributed by atoms with Crippen LogP contribution in [0, 0.1) is 6.92 Å². The Hall–Kier alpha value is -3.15. The number of ether oxygens (including phenoxy) is 1. The monoisotopic (exact) mass is 377 g/mol. The molecule has 1 aliphatic heterocycles. The minimum atomic E-state index is -0.232. The molecule has 6 heteroatoms. The summed E-state index contributed by atoms with van der Waals surface area (Å²) in [7, 11) is 0. The molecule has 0 N–H and O–H groups in total. The van der Waals surface area contributed by atoms with Gasteiger partial charge in [-0.1, -0.05) is 36.4 Å². The summed E-state index contributed by atoms with van der Waals surface area (Å²) < 4.78 is 7.34. The quantitative estimate of drug-likeness (QED) is 0.701. The van der Waals surface area contributed by atoms with E-state index in [1.165, 1.54) is 4.68 Å². The van der Waals surface area contributed by atoms with Crippen LogP contribution in [0.2, 0.25) is 0 Å². The first-order valence-electron chi connectivity index (χ1n) is 9.57. The summed E-state index contributed by atoms with van der Waals surface area (Å²) in [5.41, 5.74) is 0.881. The average molecular weight is 377 g/mol. The lowest BCUT2D eigenvalue weighted by molar-refractivity contribution is -0.133. The van der Waals surface area contributed by atoms with Crippen LogP contribution in [0.15, 0.2) is 59.5 Å². The molecule has 2 heterocycles. The van der Waals surface area contributed by atoms with Crippen molar-refractivity contribution in [2.75, 3.05) is 13.1 Å². The maximum Gasteiger partial charge on any atom is 0.275 e. The highest BCUT2D eigenvalue weighted by Gasteiger charge is 2.24. The normalized spacial score (nSPS) is 15.0. The average Bonchev–Trinajstić information content (AvgIpc) is 2.72. The van der Waals surface area contributed by atoms with Gasteiger partial charge in [0.15, 0.2) is 0 Å². The Morgan fingerprint density at radius 3 is 2.61 bits per heavy atom. The molecular formula is C22H23N3O3. The Labute approximate surface area is 163 Å². The summed E-state index contributed by atoms with van der Waals surface area (Å²) in [5.74, 6) is 0.818. The predicted molar refractivity (Wildman–Crippen MR) is 107 cm³/mol. The number of piperidine rings is 1. The van der Waals surface area contributed by atoms with Gasteiger partial charge >= 0.3 is 0 Å². The van der Waals surface area contributed by atoms with E-state index >= 15 is 0 Å². The third-order valence-electron chi connectivity index (χ3n) is 5.23. The molecule has 1 fully saturated rings. The zero-order valence-electron chi connectivity index (χ0n) is 15.9. The first kappa shape index (κ1) is 18.2. The second-order valence-electron chi connectivity index (χ2n) is 7.16. The van der Waals surface area contributed by atoms with Crippen LogP contribution >= 0.6 is 0 Å². The SMILES string of the molecule is Cc1ccccc1OC1CCN(C(=O)Cn2ncc3ccccc3c2=O)CC1. The number of carbonyl (C=O) groups is 1. The van der Waals surface area contributed by atoms with Crippen LogP contribution in [-0.2, 0) is 11.3 Å². The van der Waals surface area contributed by atoms with Gasteiger partial charge < -0.3 is 9.64 Å². The number of nitrogens with zero attached hydrogens (tertiary/aromatic N) is 3. The maximum atomic E-state index is 12.7. The number of carbonyl (C=O) groups excluding carboxylic acids is 1. The van der Waals surface area contributed by atoms with Crippen molar-refractivity contribution in [3.63, 3.8) is 0 Å². The number of amides is 1. The Kier molecular flexibility index (Phi) is 5.10. The van der Waals surface area contributed by atoms with Gasteiger partial charge in [-0.15, -0.1) is 0 Å². The number of fused-ring (bicyclic) bond motifs is 1. The number of likely N-dealkylation sites (tertiary alicyclic amines) is 1. The van der Waals surface area contributed by atoms with Crippen LogP contribution in [0.25, 0.3) is 10.8 Å². The van der Waals surface area contributed by atoms with Crippen molar-refractivity contribution in [1.29, 1.82) is 0 Å². The molecule has 6 nitrogen and oxygen atoms in total. The van der Waals surface area contributed by atoms with Crippen LogP contribution in [0.4, 0.5) is 0 Å². The van der Waals surface area contributed by atoms with E-state index in [2.05, 4.69) is 5.10 Å². The van der Waals surface area contributed by atoms with Crippen molar-refractivity contribution in [3.8, 4) is 5.75 Å². The third-order valence-corrected chi connectivity index (χ3v) is 5.23. The molecule has 1 aromatic heterocycles. The molecule has 0 atom stereocenters. The van der Waals surface area contributed by atoms with Crippen molar-refractivity contribution >= 4 is 16.7 Å². The fourth-order valence-corrected chi connectivity index (χ4v) is 3.56. The largest absolute Gasteiger partial charge is 0.490 e. The molecule has 2 aromatic carbocycles. The van der Waals surface area contributed by atoms with Crippen molar-refractivity contribution in [3.05, 3.63) is 70.6 Å². The Morgan fingerprint density at radius 1 is 1.11 bits per heavy atom. The Bertz CT molecular complexity index is 1050. The molecular weight excluding hydrogens is 354 g/mol. The zero-order valence-corrected chi connectivity index (χ0v) is 15.9. The summed E-state index contributed by atoms with van der Waals surface area (Å²) in [6, 6.07) is 15.2. The number of aromatic nitrogens is 2. The predicted octanol–water partition coefficient (Wildman–Crippen LogP) is 2.77. The van der Waals surface area contributed by atoms with E-state index in [0.717, 1.165) is 29.5 Å². The second-order valence-corrected chi connectivity index (χ2v) is 7.16. The highest BCUT2D eigenvalue weighted by atomic mass is 16.5. The lowest BCUT2D eigenvalue weighted by atomic mass is 10.1. The molecule has 0 radical (unpaired) electrons. The Balaban J connectivity index is 1.37. The van der Waals surface area contributed by atoms with E-state index in [1.54, 1.807) is 17.2 Å². The van der Waals surface area contributed by atoms with Crippen LogP contribution in [0.5, 0.6) is 5.75 Å². The highest BCUT2D eigenvalue weighted by molar-refractivity contribution is 5.81. The number of hydrogen-bond acceptors (Lipinski definition) is 4. The fraction of sp³-hybridized carbons (Fsp3) is 0.318. The van der Waals surface area contributed by atoms with E-state index in [9.17, 15) is 9.59 Å². The summed E-state index contributed by atoms with van der Waals surface area (Å²) in [6.45, 7) is 3.24. The van der Waals surface area contributed by atoms with Gasteiger partial charge in [0.1, 0.15) is 18.4 Å². The highest BCUT2D eigenvalue weighted by Crippen LogP contribution is 2.22. The number of para-hydroxylation sites is 1. The van der Waals surface area contributed by atoms with Crippen LogP contribution in [0.3, 0.4) is 0 Å². The second kappa shape index (κ2) is 7.84. The summed E-state index contributed by atoms with van der Waals surface area (Å²) in [4.78, 5) is 27.0. The molecule has 28 heavy (non-hydrogen) atoms. The van der Waals surface area contributed by atoms with Gasteiger partial charge in [0, 0.05) is 31.3 Å². The van der Waals surface area contributed by atoms with Crippen LogP contribution < -0.4 is 10.3 Å². The van der Waals surface area contributed by atoms with Crippen molar-refractivity contribution in [1.82, 2.24) is 14.7 Å². The minimum Gasteiger partial charge on any atom is -0.490 e. The van der Waals surface area contributed by atoms with E-state index < -0.39 is 0 Å². The van der Waals surface area contributed by atoms with Crippen molar-refractivity contribution in [2.24, 2.45) is 0 Å². The van der Waals surface area contributed by atoms with Gasteiger partial charge in [-0.3, -0.25) is 9.59 Å². The fourth-order valence-electron chi connectivity index (χ4n) is 3.56. The maximum absolute atomic E-state index is 12.7. The summed E-state index contributed by atoms with van der Waals surface area (Å²) >= 11 is 0. The molecule has 0 aliphatic carbocycles. The van der Waals surface area contributed by atoms with Crippen LogP contribution in [0.1, 0.15) is 18.4 Å². The summed E-state index contributed by atoms with van der Waals surface area (Å²) in [6.07, 6.45) is 3.29. The van der Waals surface area contributed by atoms with Gasteiger partial charge in [0.25, 0.3) is 5.56 Å². The number of benzene rings is 2. The molecule has 1 amide bonds. The van der Waals surface area contributed by atoms with E-state index in [1.807, 2.05) is 49.4 Å². The van der Waals surface area contributed by atoms with Gasteiger partial charge in [-0.05, 0) is 24.6 Å². The molecule has 1 aliphatic rings. The first-order chi connectivity index (χ1) is 13.6. The van der Waals surface area contributed by atoms with Gasteiger partial charge in [-0.25, -0.2) is 4.68 Å². The lowest BCUT2D eigenvalue weighted by Crippen LogP contribution is -2.44. The number of hydrogen-bond donors (Lipinski definition) is 0. The molecule has 0 spiro atoms. The van der Waals surface area contributed by atoms with Gasteiger partial charge in [0.05, 0.1) is 11.6 Å². The third kappa shape index (κ3) is 3.76. The molecule has 4 rings (SSSR count). The topological polar surface area (TPSA) is 64.4 Å².